The van der Waals surface area contributed by atoms with E-state index < -0.39 is 0 Å². The molecule has 2 nitrogen and oxygen atoms in total. The smallest absolute Gasteiger partial charge is 0.184 e. The van der Waals surface area contributed by atoms with Crippen molar-refractivity contribution < 1.29 is 0 Å². The fraction of sp³-hybridized carbons (Fsp3) is 0.0714. The molecule has 0 amide bonds. The average Bonchev–Trinajstić information content (AvgIpc) is 2.78. The number of nitrogens with zero attached hydrogens (tertiary/aromatic N) is 1. The maximum atomic E-state index is 5.96. The van der Waals surface area contributed by atoms with Gasteiger partial charge in [0.2, 0.25) is 0 Å². The quantitative estimate of drug-likeness (QED) is 0.689. The minimum absolute atomic E-state index is 0.719. The zero-order chi connectivity index (χ0) is 13.2. The second-order valence-electron chi connectivity index (χ2n) is 4.11. The van der Waals surface area contributed by atoms with Gasteiger partial charge in [0.05, 0.1) is 10.2 Å². The molecule has 3 aromatic rings. The maximum Gasteiger partial charge on any atom is 0.184 e. The average molecular weight is 354 g/mol. The first-order valence-corrected chi connectivity index (χ1v) is 7.74. The number of halogens is 2. The van der Waals surface area contributed by atoms with Gasteiger partial charge in [-0.15, -0.1) is 0 Å². The fourth-order valence-electron chi connectivity index (χ4n) is 1.80. The number of thiazole rings is 1. The van der Waals surface area contributed by atoms with Crippen LogP contribution >= 0.6 is 38.9 Å². The molecule has 0 aliphatic heterocycles. The van der Waals surface area contributed by atoms with Crippen molar-refractivity contribution in [2.24, 2.45) is 0 Å². The molecule has 0 bridgehead atoms. The standard InChI is InChI=1S/C14H10BrClN2S/c15-10-3-1-2-9(6-10)8-17-14-18-12-7-11(16)4-5-13(12)19-14/h1-7H,8H2,(H,17,18). The van der Waals surface area contributed by atoms with Crippen LogP contribution < -0.4 is 5.32 Å². The van der Waals surface area contributed by atoms with E-state index in [1.807, 2.05) is 30.3 Å². The zero-order valence-corrected chi connectivity index (χ0v) is 13.0. The summed E-state index contributed by atoms with van der Waals surface area (Å²) >= 11 is 11.1. The summed E-state index contributed by atoms with van der Waals surface area (Å²) < 4.78 is 2.23. The summed E-state index contributed by atoms with van der Waals surface area (Å²) in [5.74, 6) is 0. The Morgan fingerprint density at radius 3 is 2.95 bits per heavy atom. The lowest BCUT2D eigenvalue weighted by Crippen LogP contribution is -1.98. The number of nitrogens with one attached hydrogen (secondary N) is 1. The van der Waals surface area contributed by atoms with Gasteiger partial charge in [0.15, 0.2) is 5.13 Å². The second-order valence-corrected chi connectivity index (χ2v) is 6.50. The molecular weight excluding hydrogens is 344 g/mol. The lowest BCUT2D eigenvalue weighted by Gasteiger charge is -2.02. The van der Waals surface area contributed by atoms with E-state index in [0.29, 0.717) is 0 Å². The van der Waals surface area contributed by atoms with Gasteiger partial charge in [0, 0.05) is 16.0 Å². The molecule has 19 heavy (non-hydrogen) atoms. The van der Waals surface area contributed by atoms with Crippen LogP contribution in [0.3, 0.4) is 0 Å². The summed E-state index contributed by atoms with van der Waals surface area (Å²) in [5.41, 5.74) is 2.15. The van der Waals surface area contributed by atoms with Crippen molar-refractivity contribution in [2.45, 2.75) is 6.54 Å². The van der Waals surface area contributed by atoms with E-state index in [2.05, 4.69) is 38.4 Å². The number of fused-ring (bicyclic) bond motifs is 1. The second kappa shape index (κ2) is 5.49. The highest BCUT2D eigenvalue weighted by molar-refractivity contribution is 9.10. The van der Waals surface area contributed by atoms with Gasteiger partial charge in [-0.1, -0.05) is 51.0 Å². The van der Waals surface area contributed by atoms with Crippen LogP contribution in [0.2, 0.25) is 5.02 Å². The van der Waals surface area contributed by atoms with Gasteiger partial charge in [0.25, 0.3) is 0 Å². The molecule has 0 atom stereocenters. The van der Waals surface area contributed by atoms with E-state index in [1.165, 1.54) is 5.56 Å². The molecule has 1 N–H and O–H groups in total. The number of hydrogen-bond acceptors (Lipinski definition) is 3. The fourth-order valence-corrected chi connectivity index (χ4v) is 3.26. The third kappa shape index (κ3) is 3.08. The molecule has 0 fully saturated rings. The molecule has 0 aliphatic rings. The number of aromatic nitrogens is 1. The van der Waals surface area contributed by atoms with Gasteiger partial charge in [-0.3, -0.25) is 0 Å². The first kappa shape index (κ1) is 12.9. The summed E-state index contributed by atoms with van der Waals surface area (Å²) in [7, 11) is 0. The van der Waals surface area contributed by atoms with Crippen molar-refractivity contribution in [3.63, 3.8) is 0 Å². The summed E-state index contributed by atoms with van der Waals surface area (Å²) in [4.78, 5) is 4.52. The summed E-state index contributed by atoms with van der Waals surface area (Å²) in [6, 6.07) is 14.0. The van der Waals surface area contributed by atoms with Crippen LogP contribution in [-0.2, 0) is 6.54 Å². The Bertz CT molecular complexity index is 726. The van der Waals surface area contributed by atoms with Crippen LogP contribution in [0.4, 0.5) is 5.13 Å². The molecule has 1 heterocycles. The van der Waals surface area contributed by atoms with Gasteiger partial charge in [-0.25, -0.2) is 4.98 Å². The normalized spacial score (nSPS) is 10.8. The SMILES string of the molecule is Clc1ccc2sc(NCc3cccc(Br)c3)nc2c1. The zero-order valence-electron chi connectivity index (χ0n) is 9.86. The van der Waals surface area contributed by atoms with Crippen molar-refractivity contribution in [2.75, 3.05) is 5.32 Å². The topological polar surface area (TPSA) is 24.9 Å². The Balaban J connectivity index is 1.78. The van der Waals surface area contributed by atoms with Crippen LogP contribution in [0.25, 0.3) is 10.2 Å². The predicted octanol–water partition coefficient (Wildman–Crippen LogP) is 5.32. The van der Waals surface area contributed by atoms with Crippen molar-refractivity contribution in [3.05, 3.63) is 57.5 Å². The van der Waals surface area contributed by atoms with Crippen LogP contribution in [0.5, 0.6) is 0 Å². The maximum absolute atomic E-state index is 5.96. The summed E-state index contributed by atoms with van der Waals surface area (Å²) in [6.07, 6.45) is 0. The molecule has 2 aromatic carbocycles. The van der Waals surface area contributed by atoms with E-state index in [9.17, 15) is 0 Å². The molecule has 1 aromatic heterocycles. The van der Waals surface area contributed by atoms with Crippen molar-refractivity contribution in [1.82, 2.24) is 4.98 Å². The van der Waals surface area contributed by atoms with Gasteiger partial charge in [-0.05, 0) is 35.9 Å². The van der Waals surface area contributed by atoms with Gasteiger partial charge >= 0.3 is 0 Å². The molecule has 0 unspecified atom stereocenters. The monoisotopic (exact) mass is 352 g/mol. The largest absolute Gasteiger partial charge is 0.357 e. The molecule has 96 valence electrons. The number of anilines is 1. The highest BCUT2D eigenvalue weighted by Crippen LogP contribution is 2.28. The number of rotatable bonds is 3. The Morgan fingerprint density at radius 1 is 1.21 bits per heavy atom. The van der Waals surface area contributed by atoms with Gasteiger partial charge in [-0.2, -0.15) is 0 Å². The number of hydrogen-bond donors (Lipinski definition) is 1. The van der Waals surface area contributed by atoms with Crippen LogP contribution in [-0.4, -0.2) is 4.98 Å². The molecule has 3 rings (SSSR count). The Hall–Kier alpha value is -1.10. The van der Waals surface area contributed by atoms with Crippen molar-refractivity contribution >= 4 is 54.2 Å². The first-order valence-electron chi connectivity index (χ1n) is 5.75. The minimum atomic E-state index is 0.719. The summed E-state index contributed by atoms with van der Waals surface area (Å²) in [6.45, 7) is 0.757. The third-order valence-corrected chi connectivity index (χ3v) is 4.40. The minimum Gasteiger partial charge on any atom is -0.357 e. The molecule has 0 saturated heterocycles. The van der Waals surface area contributed by atoms with E-state index in [-0.39, 0.29) is 0 Å². The lowest BCUT2D eigenvalue weighted by atomic mass is 10.2. The molecular formula is C14H10BrClN2S. The number of benzene rings is 2. The van der Waals surface area contributed by atoms with E-state index in [1.54, 1.807) is 11.3 Å². The predicted molar refractivity (Wildman–Crippen MR) is 86.1 cm³/mol. The summed E-state index contributed by atoms with van der Waals surface area (Å²) in [5, 5.41) is 4.97. The highest BCUT2D eigenvalue weighted by Gasteiger charge is 2.04. The molecule has 0 saturated carbocycles. The molecule has 0 spiro atoms. The molecule has 0 radical (unpaired) electrons. The lowest BCUT2D eigenvalue weighted by molar-refractivity contribution is 1.14. The Labute approximate surface area is 128 Å². The van der Waals surface area contributed by atoms with Crippen molar-refractivity contribution in [1.29, 1.82) is 0 Å². The highest BCUT2D eigenvalue weighted by atomic mass is 79.9. The third-order valence-electron chi connectivity index (χ3n) is 2.68. The first-order chi connectivity index (χ1) is 9.20. The molecule has 5 heteroatoms. The van der Waals surface area contributed by atoms with Gasteiger partial charge < -0.3 is 5.32 Å². The van der Waals surface area contributed by atoms with Crippen LogP contribution in [0.15, 0.2) is 46.9 Å². The Morgan fingerprint density at radius 2 is 2.11 bits per heavy atom. The van der Waals surface area contributed by atoms with Crippen molar-refractivity contribution in [3.8, 4) is 0 Å². The molecule has 0 aliphatic carbocycles. The van der Waals surface area contributed by atoms with E-state index in [0.717, 1.165) is 31.4 Å². The van der Waals surface area contributed by atoms with Crippen LogP contribution in [0, 0.1) is 0 Å². The van der Waals surface area contributed by atoms with Crippen LogP contribution in [0.1, 0.15) is 5.56 Å². The van der Waals surface area contributed by atoms with Gasteiger partial charge in [0.1, 0.15) is 0 Å². The van der Waals surface area contributed by atoms with E-state index >= 15 is 0 Å². The Kier molecular flexibility index (Phi) is 3.73. The van der Waals surface area contributed by atoms with E-state index in [4.69, 9.17) is 11.6 Å².